The maximum absolute atomic E-state index is 13.4. The molecule has 32 heavy (non-hydrogen) atoms. The van der Waals surface area contributed by atoms with Gasteiger partial charge in [-0.25, -0.2) is 4.39 Å². The molecular weight excluding hydrogens is 411 g/mol. The third-order valence-corrected chi connectivity index (χ3v) is 6.37. The zero-order valence-electron chi connectivity index (χ0n) is 19.0. The Kier molecular flexibility index (Phi) is 5.61. The first-order valence-electron chi connectivity index (χ1n) is 11.1. The first-order chi connectivity index (χ1) is 15.0. The van der Waals surface area contributed by atoms with Gasteiger partial charge in [0.25, 0.3) is 5.91 Å². The maximum atomic E-state index is 13.4. The van der Waals surface area contributed by atoms with Gasteiger partial charge in [-0.1, -0.05) is 12.1 Å². The van der Waals surface area contributed by atoms with E-state index in [4.69, 9.17) is 5.11 Å². The van der Waals surface area contributed by atoms with E-state index in [1.54, 1.807) is 19.1 Å². The fourth-order valence-corrected chi connectivity index (χ4v) is 4.68. The van der Waals surface area contributed by atoms with Crippen LogP contribution in [0.25, 0.3) is 0 Å². The van der Waals surface area contributed by atoms with Crippen molar-refractivity contribution in [3.63, 3.8) is 0 Å². The first kappa shape index (κ1) is 22.5. The van der Waals surface area contributed by atoms with E-state index in [0.29, 0.717) is 23.1 Å². The fraction of sp³-hybridized carbons (Fsp3) is 0.542. The number of benzene rings is 1. The smallest absolute Gasteiger partial charge is 0.272 e. The van der Waals surface area contributed by atoms with Gasteiger partial charge in [-0.05, 0) is 64.2 Å². The molecule has 8 heteroatoms. The van der Waals surface area contributed by atoms with E-state index in [1.165, 1.54) is 12.1 Å². The van der Waals surface area contributed by atoms with Crippen molar-refractivity contribution >= 4 is 11.8 Å². The van der Waals surface area contributed by atoms with E-state index in [9.17, 15) is 14.0 Å². The van der Waals surface area contributed by atoms with Crippen molar-refractivity contribution in [2.24, 2.45) is 5.92 Å². The van der Waals surface area contributed by atoms with Crippen LogP contribution in [0.1, 0.15) is 67.3 Å². The van der Waals surface area contributed by atoms with Crippen molar-refractivity contribution in [2.45, 2.75) is 64.0 Å². The lowest BCUT2D eigenvalue weighted by atomic mass is 9.91. The highest BCUT2D eigenvalue weighted by Gasteiger charge is 2.51. The molecule has 0 radical (unpaired) electrons. The standard InChI is InChI=1S/C24H31FN4O3/c1-23(2,3)29-20-17-11-15(17)12-18(20)19(28-29)21(31)27-24(4,22(32)26-9-10-30)13-14-5-7-16(25)8-6-14/h5-8,15,17,30H,9-13H2,1-4H3,(H,26,32)(H,27,31)/t15-,17-,24-/m1/s1. The Balaban J connectivity index is 1.64. The van der Waals surface area contributed by atoms with Crippen LogP contribution in [0, 0.1) is 11.7 Å². The van der Waals surface area contributed by atoms with Gasteiger partial charge in [0.15, 0.2) is 5.69 Å². The van der Waals surface area contributed by atoms with Gasteiger partial charge in [-0.3, -0.25) is 14.3 Å². The number of halogens is 1. The van der Waals surface area contributed by atoms with Crippen LogP contribution in [0.3, 0.4) is 0 Å². The van der Waals surface area contributed by atoms with Gasteiger partial charge >= 0.3 is 0 Å². The van der Waals surface area contributed by atoms with Crippen molar-refractivity contribution in [1.29, 1.82) is 0 Å². The number of amides is 2. The molecule has 0 unspecified atom stereocenters. The minimum absolute atomic E-state index is 0.0745. The van der Waals surface area contributed by atoms with E-state index in [0.717, 1.165) is 24.1 Å². The van der Waals surface area contributed by atoms with Crippen molar-refractivity contribution in [3.8, 4) is 0 Å². The van der Waals surface area contributed by atoms with Crippen LogP contribution >= 0.6 is 0 Å². The molecule has 1 fully saturated rings. The number of carbonyl (C=O) groups excluding carboxylic acids is 2. The number of aliphatic hydroxyl groups excluding tert-OH is 1. The molecule has 7 nitrogen and oxygen atoms in total. The molecule has 2 aliphatic rings. The van der Waals surface area contributed by atoms with E-state index >= 15 is 0 Å². The molecule has 2 aliphatic carbocycles. The van der Waals surface area contributed by atoms with Crippen molar-refractivity contribution < 1.29 is 19.1 Å². The molecule has 2 aromatic rings. The maximum Gasteiger partial charge on any atom is 0.272 e. The lowest BCUT2D eigenvalue weighted by Crippen LogP contribution is -2.58. The summed E-state index contributed by atoms with van der Waals surface area (Å²) in [5.74, 6) is -0.127. The van der Waals surface area contributed by atoms with Gasteiger partial charge in [0.2, 0.25) is 5.91 Å². The second kappa shape index (κ2) is 7.99. The fourth-order valence-electron chi connectivity index (χ4n) is 4.68. The van der Waals surface area contributed by atoms with E-state index in [1.807, 2.05) is 4.68 Å². The largest absolute Gasteiger partial charge is 0.395 e. The summed E-state index contributed by atoms with van der Waals surface area (Å²) in [6, 6.07) is 5.85. The van der Waals surface area contributed by atoms with E-state index in [2.05, 4.69) is 36.5 Å². The quantitative estimate of drug-likeness (QED) is 0.613. The second-order valence-corrected chi connectivity index (χ2v) is 10.2. The summed E-state index contributed by atoms with van der Waals surface area (Å²) < 4.78 is 15.3. The number of nitrogens with one attached hydrogen (secondary N) is 2. The highest BCUT2D eigenvalue weighted by Crippen LogP contribution is 2.57. The summed E-state index contributed by atoms with van der Waals surface area (Å²) in [5.41, 5.74) is 1.67. The average molecular weight is 443 g/mol. The summed E-state index contributed by atoms with van der Waals surface area (Å²) in [6.07, 6.45) is 2.15. The Morgan fingerprint density at radius 2 is 1.91 bits per heavy atom. The molecule has 172 valence electrons. The van der Waals surface area contributed by atoms with Crippen LogP contribution in [0.15, 0.2) is 24.3 Å². The van der Waals surface area contributed by atoms with Crippen molar-refractivity contribution in [2.75, 3.05) is 13.2 Å². The predicted molar refractivity (Wildman–Crippen MR) is 118 cm³/mol. The third-order valence-electron chi connectivity index (χ3n) is 6.37. The van der Waals surface area contributed by atoms with Gasteiger partial charge in [-0.15, -0.1) is 0 Å². The molecular formula is C24H31FN4O3. The molecule has 1 aromatic carbocycles. The van der Waals surface area contributed by atoms with Gasteiger partial charge in [0.1, 0.15) is 11.4 Å². The monoisotopic (exact) mass is 442 g/mol. The number of hydrogen-bond donors (Lipinski definition) is 3. The van der Waals surface area contributed by atoms with Gasteiger partial charge in [-0.2, -0.15) is 5.10 Å². The van der Waals surface area contributed by atoms with Crippen LogP contribution in [-0.2, 0) is 23.2 Å². The number of carbonyl (C=O) groups is 2. The van der Waals surface area contributed by atoms with Crippen molar-refractivity contribution in [3.05, 3.63) is 52.6 Å². The summed E-state index contributed by atoms with van der Waals surface area (Å²) in [6.45, 7) is 7.71. The number of nitrogens with zero attached hydrogens (tertiary/aromatic N) is 2. The lowest BCUT2D eigenvalue weighted by molar-refractivity contribution is -0.126. The molecule has 0 aliphatic heterocycles. The Morgan fingerprint density at radius 3 is 2.53 bits per heavy atom. The predicted octanol–water partition coefficient (Wildman–Crippen LogP) is 2.28. The number of aromatic nitrogens is 2. The number of rotatable bonds is 7. The molecule has 3 atom stereocenters. The minimum Gasteiger partial charge on any atom is -0.395 e. The first-order valence-corrected chi connectivity index (χ1v) is 11.1. The third kappa shape index (κ3) is 4.16. The highest BCUT2D eigenvalue weighted by atomic mass is 19.1. The Morgan fingerprint density at radius 1 is 1.22 bits per heavy atom. The number of fused-ring (bicyclic) bond motifs is 3. The van der Waals surface area contributed by atoms with Gasteiger partial charge < -0.3 is 15.7 Å². The van der Waals surface area contributed by atoms with Crippen LogP contribution in [0.2, 0.25) is 0 Å². The zero-order valence-corrected chi connectivity index (χ0v) is 19.0. The molecule has 0 bridgehead atoms. The molecule has 1 saturated carbocycles. The number of hydrogen-bond acceptors (Lipinski definition) is 4. The van der Waals surface area contributed by atoms with E-state index < -0.39 is 17.4 Å². The van der Waals surface area contributed by atoms with Crippen LogP contribution in [0.4, 0.5) is 4.39 Å². The molecule has 3 N–H and O–H groups in total. The topological polar surface area (TPSA) is 96.2 Å². The summed E-state index contributed by atoms with van der Waals surface area (Å²) in [4.78, 5) is 26.4. The summed E-state index contributed by atoms with van der Waals surface area (Å²) >= 11 is 0. The number of aliphatic hydroxyl groups is 1. The zero-order chi connectivity index (χ0) is 23.3. The lowest BCUT2D eigenvalue weighted by Gasteiger charge is -2.29. The van der Waals surface area contributed by atoms with Gasteiger partial charge in [0.05, 0.1) is 12.1 Å². The van der Waals surface area contributed by atoms with Crippen LogP contribution < -0.4 is 10.6 Å². The average Bonchev–Trinajstić information content (AvgIpc) is 3.21. The summed E-state index contributed by atoms with van der Waals surface area (Å²) in [5, 5.41) is 19.4. The molecule has 1 aromatic heterocycles. The normalized spacial score (nSPS) is 20.8. The molecule has 0 saturated heterocycles. The van der Waals surface area contributed by atoms with Crippen LogP contribution in [0.5, 0.6) is 0 Å². The van der Waals surface area contributed by atoms with Crippen molar-refractivity contribution in [1.82, 2.24) is 20.4 Å². The Labute approximate surface area is 187 Å². The van der Waals surface area contributed by atoms with E-state index in [-0.39, 0.29) is 30.9 Å². The Bertz CT molecular complexity index is 1040. The molecule has 1 heterocycles. The molecule has 2 amide bonds. The Hall–Kier alpha value is -2.74. The van der Waals surface area contributed by atoms with Gasteiger partial charge in [0, 0.05) is 30.1 Å². The summed E-state index contributed by atoms with van der Waals surface area (Å²) in [7, 11) is 0. The highest BCUT2D eigenvalue weighted by molar-refractivity contribution is 5.99. The van der Waals surface area contributed by atoms with Crippen LogP contribution in [-0.4, -0.2) is 45.4 Å². The minimum atomic E-state index is -1.30. The molecule has 0 spiro atoms. The second-order valence-electron chi connectivity index (χ2n) is 10.2. The SMILES string of the molecule is CC(C)(C)n1nc(C(=O)N[C@](C)(Cc2ccc(F)cc2)C(=O)NCCO)c2c1[C@@H]1C[C@@H]1C2. The molecule has 4 rings (SSSR count).